The lowest BCUT2D eigenvalue weighted by atomic mass is 9.93. The minimum absolute atomic E-state index is 0.217. The molecule has 0 amide bonds. The molecule has 0 N–H and O–H groups in total. The zero-order chi connectivity index (χ0) is 14.9. The normalized spacial score (nSPS) is 22.4. The Morgan fingerprint density at radius 2 is 1.90 bits per heavy atom. The van der Waals surface area contributed by atoms with Crippen LogP contribution in [0.1, 0.15) is 11.6 Å². The van der Waals surface area contributed by atoms with E-state index in [2.05, 4.69) is 31.8 Å². The van der Waals surface area contributed by atoms with E-state index in [9.17, 15) is 4.79 Å². The highest BCUT2D eigenvalue weighted by atomic mass is 32.1. The van der Waals surface area contributed by atoms with Gasteiger partial charge in [-0.3, -0.25) is 4.79 Å². The van der Waals surface area contributed by atoms with Crippen LogP contribution in [0.2, 0.25) is 25.2 Å². The predicted molar refractivity (Wildman–Crippen MR) is 87.6 cm³/mol. The summed E-state index contributed by atoms with van der Waals surface area (Å²) < 4.78 is 4.78. The van der Waals surface area contributed by atoms with E-state index in [-0.39, 0.29) is 18.6 Å². The Morgan fingerprint density at radius 1 is 1.30 bits per heavy atom. The fourth-order valence-corrected chi connectivity index (χ4v) is 6.39. The molecule has 0 spiro atoms. The average Bonchev–Trinajstić information content (AvgIpc) is 2.40. The van der Waals surface area contributed by atoms with Crippen molar-refractivity contribution in [2.75, 3.05) is 13.7 Å². The van der Waals surface area contributed by atoms with Crippen LogP contribution in [0.3, 0.4) is 0 Å². The van der Waals surface area contributed by atoms with Gasteiger partial charge in [-0.05, 0) is 5.56 Å². The molecule has 1 aromatic rings. The number of esters is 1. The van der Waals surface area contributed by atoms with E-state index in [0.29, 0.717) is 5.54 Å². The summed E-state index contributed by atoms with van der Waals surface area (Å²) in [7, 11) is -0.00541. The maximum Gasteiger partial charge on any atom is 0.325 e. The lowest BCUT2D eigenvalue weighted by Gasteiger charge is -2.54. The van der Waals surface area contributed by atoms with E-state index >= 15 is 0 Å². The summed E-state index contributed by atoms with van der Waals surface area (Å²) in [6.45, 7) is 7.23. The van der Waals surface area contributed by atoms with E-state index < -0.39 is 8.07 Å². The fourth-order valence-electron chi connectivity index (χ4n) is 2.80. The molecule has 0 saturated carbocycles. The van der Waals surface area contributed by atoms with Crippen LogP contribution < -0.4 is 0 Å². The quantitative estimate of drug-likeness (QED) is 0.485. The number of carbonyl (C=O) groups excluding carboxylic acids is 1. The molecule has 2 atom stereocenters. The Labute approximate surface area is 126 Å². The summed E-state index contributed by atoms with van der Waals surface area (Å²) >= 11 is 5.57. The van der Waals surface area contributed by atoms with Crippen molar-refractivity contribution in [1.29, 1.82) is 0 Å². The summed E-state index contributed by atoms with van der Waals surface area (Å²) in [5, 5.41) is 0. The minimum atomic E-state index is -1.42. The van der Waals surface area contributed by atoms with Gasteiger partial charge >= 0.3 is 5.97 Å². The molecule has 0 aliphatic carbocycles. The maximum absolute atomic E-state index is 11.6. The molecule has 1 aromatic carbocycles. The van der Waals surface area contributed by atoms with Gasteiger partial charge in [-0.1, -0.05) is 62.2 Å². The molecule has 1 fully saturated rings. The number of carbonyl (C=O) groups is 1. The fraction of sp³-hybridized carbons (Fsp3) is 0.467. The third-order valence-electron chi connectivity index (χ3n) is 3.80. The van der Waals surface area contributed by atoms with Crippen LogP contribution in [0.5, 0.6) is 0 Å². The monoisotopic (exact) mass is 307 g/mol. The molecule has 3 nitrogen and oxygen atoms in total. The average molecular weight is 307 g/mol. The van der Waals surface area contributed by atoms with Gasteiger partial charge in [0, 0.05) is 5.54 Å². The Balaban J connectivity index is 2.29. The Bertz CT molecular complexity index is 512. The van der Waals surface area contributed by atoms with E-state index in [1.165, 1.54) is 12.7 Å². The molecule has 1 heterocycles. The number of nitrogens with zero attached hydrogens (tertiary/aromatic N) is 1. The molecular weight excluding hydrogens is 286 g/mol. The topological polar surface area (TPSA) is 29.5 Å². The number of hydrogen-bond donors (Lipinski definition) is 0. The second-order valence-corrected chi connectivity index (χ2v) is 12.0. The van der Waals surface area contributed by atoms with Gasteiger partial charge in [0.1, 0.15) is 6.54 Å². The van der Waals surface area contributed by atoms with Crippen molar-refractivity contribution in [3.8, 4) is 0 Å². The number of thiocarbonyl (C=S) groups is 1. The van der Waals surface area contributed by atoms with Crippen LogP contribution in [0.15, 0.2) is 30.3 Å². The van der Waals surface area contributed by atoms with Gasteiger partial charge in [-0.25, -0.2) is 0 Å². The Kier molecular flexibility index (Phi) is 4.30. The van der Waals surface area contributed by atoms with Crippen LogP contribution >= 0.6 is 12.2 Å². The SMILES string of the molecule is COC(=O)CN1C(=S)C([Si](C)(C)C)C1c1ccccc1. The van der Waals surface area contributed by atoms with Crippen molar-refractivity contribution >= 4 is 31.2 Å². The third-order valence-corrected chi connectivity index (χ3v) is 6.95. The number of benzene rings is 1. The smallest absolute Gasteiger partial charge is 0.325 e. The first kappa shape index (κ1) is 15.2. The highest BCUT2D eigenvalue weighted by molar-refractivity contribution is 7.80. The first-order chi connectivity index (χ1) is 9.36. The summed E-state index contributed by atoms with van der Waals surface area (Å²) in [5.41, 5.74) is 1.64. The van der Waals surface area contributed by atoms with Gasteiger partial charge in [-0.15, -0.1) is 0 Å². The number of methoxy groups -OCH3 is 1. The molecule has 1 aliphatic heterocycles. The third kappa shape index (κ3) is 2.78. The summed E-state index contributed by atoms with van der Waals surface area (Å²) in [5.74, 6) is -0.234. The Morgan fingerprint density at radius 3 is 2.40 bits per heavy atom. The van der Waals surface area contributed by atoms with Crippen LogP contribution in [0, 0.1) is 0 Å². The zero-order valence-electron chi connectivity index (χ0n) is 12.4. The summed E-state index contributed by atoms with van der Waals surface area (Å²) in [6, 6.07) is 10.5. The standard InChI is InChI=1S/C15H21NO2SSi/c1-18-12(17)10-16-13(11-8-6-5-7-9-11)14(15(16)19)20(2,3)4/h5-9,13-14H,10H2,1-4H3. The van der Waals surface area contributed by atoms with Crippen LogP contribution in [0.4, 0.5) is 0 Å². The molecule has 0 aromatic heterocycles. The largest absolute Gasteiger partial charge is 0.468 e. The number of rotatable bonds is 4. The van der Waals surface area contributed by atoms with E-state index in [1.807, 2.05) is 23.1 Å². The first-order valence-corrected chi connectivity index (χ1v) is 10.8. The second kappa shape index (κ2) is 5.66. The van der Waals surface area contributed by atoms with Gasteiger partial charge < -0.3 is 9.64 Å². The molecular formula is C15H21NO2SSi. The molecule has 0 radical (unpaired) electrons. The van der Waals surface area contributed by atoms with E-state index in [4.69, 9.17) is 17.0 Å². The van der Waals surface area contributed by atoms with Gasteiger partial charge in [0.25, 0.3) is 0 Å². The molecule has 1 aliphatic rings. The van der Waals surface area contributed by atoms with Gasteiger partial charge in [0.15, 0.2) is 0 Å². The second-order valence-electron chi connectivity index (χ2n) is 6.24. The lowest BCUT2D eigenvalue weighted by Crippen LogP contribution is -2.59. The molecule has 1 saturated heterocycles. The Hall–Kier alpha value is -1.20. The number of hydrogen-bond acceptors (Lipinski definition) is 3. The van der Waals surface area contributed by atoms with Crippen LogP contribution in [0.25, 0.3) is 0 Å². The lowest BCUT2D eigenvalue weighted by molar-refractivity contribution is -0.141. The molecule has 2 unspecified atom stereocenters. The summed E-state index contributed by atoms with van der Waals surface area (Å²) in [6.07, 6.45) is 0. The summed E-state index contributed by atoms with van der Waals surface area (Å²) in [4.78, 5) is 14.5. The highest BCUT2D eigenvalue weighted by Gasteiger charge is 2.51. The molecule has 108 valence electrons. The first-order valence-electron chi connectivity index (χ1n) is 6.78. The van der Waals surface area contributed by atoms with E-state index in [0.717, 1.165) is 4.99 Å². The molecule has 20 heavy (non-hydrogen) atoms. The van der Waals surface area contributed by atoms with Gasteiger partial charge in [0.2, 0.25) is 0 Å². The molecule has 2 rings (SSSR count). The maximum atomic E-state index is 11.6. The molecule has 5 heteroatoms. The van der Waals surface area contributed by atoms with Crippen LogP contribution in [-0.2, 0) is 9.53 Å². The van der Waals surface area contributed by atoms with Crippen molar-refractivity contribution in [2.24, 2.45) is 0 Å². The van der Waals surface area contributed by atoms with Crippen molar-refractivity contribution in [2.45, 2.75) is 31.2 Å². The minimum Gasteiger partial charge on any atom is -0.468 e. The van der Waals surface area contributed by atoms with Gasteiger partial charge in [-0.2, -0.15) is 0 Å². The number of ether oxygens (including phenoxy) is 1. The van der Waals surface area contributed by atoms with Crippen molar-refractivity contribution in [1.82, 2.24) is 4.90 Å². The number of likely N-dealkylation sites (tertiary alicyclic amines) is 1. The highest BCUT2D eigenvalue weighted by Crippen LogP contribution is 2.50. The van der Waals surface area contributed by atoms with Crippen molar-refractivity contribution in [3.63, 3.8) is 0 Å². The van der Waals surface area contributed by atoms with Crippen molar-refractivity contribution in [3.05, 3.63) is 35.9 Å². The van der Waals surface area contributed by atoms with Crippen molar-refractivity contribution < 1.29 is 9.53 Å². The predicted octanol–water partition coefficient (Wildman–Crippen LogP) is 3.25. The van der Waals surface area contributed by atoms with E-state index in [1.54, 1.807) is 0 Å². The zero-order valence-corrected chi connectivity index (χ0v) is 14.2. The molecule has 0 bridgehead atoms. The van der Waals surface area contributed by atoms with Gasteiger partial charge in [0.05, 0.1) is 26.2 Å². The van der Waals surface area contributed by atoms with Crippen LogP contribution in [-0.4, -0.2) is 37.6 Å².